The molecule has 4 nitrogen and oxygen atoms in total. The molecule has 0 saturated carbocycles. The number of benzene rings is 1. The molecular formula is C15H24N2O2. The maximum Gasteiger partial charge on any atom is 0.221 e. The number of amides is 1. The lowest BCUT2D eigenvalue weighted by molar-refractivity contribution is -0.121. The second-order valence-electron chi connectivity index (χ2n) is 5.20. The van der Waals surface area contributed by atoms with Crippen LogP contribution < -0.4 is 10.6 Å². The van der Waals surface area contributed by atoms with E-state index in [1.807, 2.05) is 26.0 Å². The zero-order chi connectivity index (χ0) is 14.3. The van der Waals surface area contributed by atoms with E-state index >= 15 is 0 Å². The molecule has 0 aliphatic heterocycles. The van der Waals surface area contributed by atoms with E-state index in [0.29, 0.717) is 19.0 Å². The van der Waals surface area contributed by atoms with Gasteiger partial charge >= 0.3 is 0 Å². The molecule has 1 aromatic rings. The standard InChI is InChI=1S/C15H24N2O2/c1-11(2)17-15(19)8-9-16-12(3)10-13-4-6-14(18)7-5-13/h4-7,11-12,16,18H,8-10H2,1-3H3,(H,17,19). The zero-order valence-corrected chi connectivity index (χ0v) is 11.9. The largest absolute Gasteiger partial charge is 0.508 e. The average Bonchev–Trinajstić information content (AvgIpc) is 2.31. The van der Waals surface area contributed by atoms with Gasteiger partial charge in [-0.2, -0.15) is 0 Å². The monoisotopic (exact) mass is 264 g/mol. The molecular weight excluding hydrogens is 240 g/mol. The van der Waals surface area contributed by atoms with E-state index in [1.165, 1.54) is 5.56 Å². The van der Waals surface area contributed by atoms with Crippen LogP contribution in [0.3, 0.4) is 0 Å². The summed E-state index contributed by atoms with van der Waals surface area (Å²) in [5.41, 5.74) is 1.17. The van der Waals surface area contributed by atoms with Crippen molar-refractivity contribution in [1.29, 1.82) is 0 Å². The van der Waals surface area contributed by atoms with Gasteiger partial charge in [-0.15, -0.1) is 0 Å². The minimum Gasteiger partial charge on any atom is -0.508 e. The molecule has 0 spiro atoms. The van der Waals surface area contributed by atoms with Crippen molar-refractivity contribution in [3.05, 3.63) is 29.8 Å². The highest BCUT2D eigenvalue weighted by molar-refractivity contribution is 5.76. The number of carbonyl (C=O) groups excluding carboxylic acids is 1. The number of carbonyl (C=O) groups is 1. The summed E-state index contributed by atoms with van der Waals surface area (Å²) in [6.07, 6.45) is 1.38. The number of phenolic OH excluding ortho intramolecular Hbond substituents is 1. The van der Waals surface area contributed by atoms with Gasteiger partial charge in [0.2, 0.25) is 5.91 Å². The molecule has 0 aromatic heterocycles. The number of phenols is 1. The van der Waals surface area contributed by atoms with Crippen LogP contribution in [-0.2, 0) is 11.2 Å². The predicted octanol–water partition coefficient (Wildman–Crippen LogP) is 1.83. The molecule has 1 amide bonds. The van der Waals surface area contributed by atoms with Crippen LogP contribution in [0.1, 0.15) is 32.8 Å². The first-order valence-corrected chi connectivity index (χ1v) is 6.78. The molecule has 0 aliphatic carbocycles. The van der Waals surface area contributed by atoms with Crippen LogP contribution in [0, 0.1) is 0 Å². The van der Waals surface area contributed by atoms with Gasteiger partial charge in [-0.05, 0) is 44.9 Å². The van der Waals surface area contributed by atoms with Crippen LogP contribution in [0.5, 0.6) is 5.75 Å². The number of aromatic hydroxyl groups is 1. The first-order chi connectivity index (χ1) is 8.97. The first-order valence-electron chi connectivity index (χ1n) is 6.78. The Labute approximate surface area is 115 Å². The van der Waals surface area contributed by atoms with Crippen LogP contribution in [0.4, 0.5) is 0 Å². The molecule has 0 fully saturated rings. The molecule has 19 heavy (non-hydrogen) atoms. The molecule has 1 rings (SSSR count). The van der Waals surface area contributed by atoms with Crippen LogP contribution in [0.2, 0.25) is 0 Å². The summed E-state index contributed by atoms with van der Waals surface area (Å²) in [5.74, 6) is 0.369. The topological polar surface area (TPSA) is 61.4 Å². The molecule has 0 heterocycles. The van der Waals surface area contributed by atoms with Gasteiger partial charge in [-0.25, -0.2) is 0 Å². The highest BCUT2D eigenvalue weighted by atomic mass is 16.3. The van der Waals surface area contributed by atoms with E-state index in [4.69, 9.17) is 0 Å². The Kier molecular flexibility index (Phi) is 6.36. The van der Waals surface area contributed by atoms with Crippen molar-refractivity contribution < 1.29 is 9.90 Å². The van der Waals surface area contributed by atoms with Crippen molar-refractivity contribution in [2.75, 3.05) is 6.54 Å². The Morgan fingerprint density at radius 3 is 2.42 bits per heavy atom. The second kappa shape index (κ2) is 7.79. The summed E-state index contributed by atoms with van der Waals surface area (Å²) < 4.78 is 0. The maximum atomic E-state index is 11.5. The molecule has 1 atom stereocenters. The summed E-state index contributed by atoms with van der Waals surface area (Å²) >= 11 is 0. The molecule has 0 aliphatic rings. The molecule has 0 saturated heterocycles. The SMILES string of the molecule is CC(C)NC(=O)CCNC(C)Cc1ccc(O)cc1. The third-order valence-electron chi connectivity index (χ3n) is 2.77. The van der Waals surface area contributed by atoms with E-state index in [2.05, 4.69) is 17.6 Å². The number of hydrogen-bond donors (Lipinski definition) is 3. The molecule has 0 bridgehead atoms. The molecule has 1 unspecified atom stereocenters. The fourth-order valence-corrected chi connectivity index (χ4v) is 1.88. The van der Waals surface area contributed by atoms with E-state index in [-0.39, 0.29) is 17.7 Å². The molecule has 0 radical (unpaired) electrons. The van der Waals surface area contributed by atoms with E-state index in [0.717, 1.165) is 6.42 Å². The highest BCUT2D eigenvalue weighted by Crippen LogP contribution is 2.11. The second-order valence-corrected chi connectivity index (χ2v) is 5.20. The number of rotatable bonds is 7. The third kappa shape index (κ3) is 6.82. The lowest BCUT2D eigenvalue weighted by Gasteiger charge is -2.14. The Morgan fingerprint density at radius 1 is 1.21 bits per heavy atom. The molecule has 3 N–H and O–H groups in total. The molecule has 106 valence electrons. The van der Waals surface area contributed by atoms with Crippen molar-refractivity contribution in [2.24, 2.45) is 0 Å². The van der Waals surface area contributed by atoms with Gasteiger partial charge in [-0.3, -0.25) is 4.79 Å². The summed E-state index contributed by atoms with van der Waals surface area (Å²) in [6.45, 7) is 6.68. The van der Waals surface area contributed by atoms with Gasteiger partial charge < -0.3 is 15.7 Å². The number of nitrogens with one attached hydrogen (secondary N) is 2. The lowest BCUT2D eigenvalue weighted by atomic mass is 10.1. The van der Waals surface area contributed by atoms with Crippen molar-refractivity contribution >= 4 is 5.91 Å². The maximum absolute atomic E-state index is 11.5. The lowest BCUT2D eigenvalue weighted by Crippen LogP contribution is -2.35. The van der Waals surface area contributed by atoms with Gasteiger partial charge in [-0.1, -0.05) is 12.1 Å². The molecule has 1 aromatic carbocycles. The van der Waals surface area contributed by atoms with E-state index in [1.54, 1.807) is 12.1 Å². The summed E-state index contributed by atoms with van der Waals surface area (Å²) in [5, 5.41) is 15.4. The summed E-state index contributed by atoms with van der Waals surface area (Å²) in [4.78, 5) is 11.5. The molecule has 4 heteroatoms. The predicted molar refractivity (Wildman–Crippen MR) is 77.2 cm³/mol. The normalized spacial score (nSPS) is 12.4. The van der Waals surface area contributed by atoms with Crippen molar-refractivity contribution in [2.45, 2.75) is 45.7 Å². The van der Waals surface area contributed by atoms with Gasteiger partial charge in [0, 0.05) is 25.0 Å². The fraction of sp³-hybridized carbons (Fsp3) is 0.533. The van der Waals surface area contributed by atoms with Crippen LogP contribution in [0.25, 0.3) is 0 Å². The van der Waals surface area contributed by atoms with Crippen LogP contribution >= 0.6 is 0 Å². The zero-order valence-electron chi connectivity index (χ0n) is 11.9. The van der Waals surface area contributed by atoms with Gasteiger partial charge in [0.15, 0.2) is 0 Å². The Balaban J connectivity index is 2.22. The Bertz CT molecular complexity index is 388. The van der Waals surface area contributed by atoms with Crippen LogP contribution in [0.15, 0.2) is 24.3 Å². The Hall–Kier alpha value is -1.55. The van der Waals surface area contributed by atoms with E-state index < -0.39 is 0 Å². The van der Waals surface area contributed by atoms with Crippen molar-refractivity contribution in [1.82, 2.24) is 10.6 Å². The van der Waals surface area contributed by atoms with Crippen molar-refractivity contribution in [3.8, 4) is 5.75 Å². The minimum absolute atomic E-state index is 0.0827. The Morgan fingerprint density at radius 2 is 1.84 bits per heavy atom. The van der Waals surface area contributed by atoms with Crippen molar-refractivity contribution in [3.63, 3.8) is 0 Å². The smallest absolute Gasteiger partial charge is 0.221 e. The summed E-state index contributed by atoms with van der Waals surface area (Å²) in [7, 11) is 0. The first kappa shape index (κ1) is 15.5. The van der Waals surface area contributed by atoms with Gasteiger partial charge in [0.25, 0.3) is 0 Å². The third-order valence-corrected chi connectivity index (χ3v) is 2.77. The van der Waals surface area contributed by atoms with Crippen LogP contribution in [-0.4, -0.2) is 29.6 Å². The minimum atomic E-state index is 0.0827. The average molecular weight is 264 g/mol. The van der Waals surface area contributed by atoms with E-state index in [9.17, 15) is 9.90 Å². The quantitative estimate of drug-likeness (QED) is 0.704. The van der Waals surface area contributed by atoms with Gasteiger partial charge in [0.1, 0.15) is 5.75 Å². The van der Waals surface area contributed by atoms with Gasteiger partial charge in [0.05, 0.1) is 0 Å². The number of hydrogen-bond acceptors (Lipinski definition) is 3. The highest BCUT2D eigenvalue weighted by Gasteiger charge is 2.06. The fourth-order valence-electron chi connectivity index (χ4n) is 1.88. The summed E-state index contributed by atoms with van der Waals surface area (Å²) in [6, 6.07) is 7.71.